The smallest absolute Gasteiger partial charge is 0.161 e. The number of rotatable bonds is 8. The molecule has 4 rings (SSSR count). The Kier molecular flexibility index (Phi) is 6.42. The number of halogens is 1. The van der Waals surface area contributed by atoms with Crippen LogP contribution in [0.25, 0.3) is 10.9 Å². The predicted octanol–water partition coefficient (Wildman–Crippen LogP) is 4.21. The molecular weight excluding hydrogens is 388 g/mol. The van der Waals surface area contributed by atoms with E-state index < -0.39 is 0 Å². The Hall–Kier alpha value is -2.44. The summed E-state index contributed by atoms with van der Waals surface area (Å²) >= 11 is 6.07. The van der Waals surface area contributed by atoms with Crippen molar-refractivity contribution >= 4 is 28.3 Å². The zero-order valence-electron chi connectivity index (χ0n) is 16.7. The van der Waals surface area contributed by atoms with Gasteiger partial charge in [0.1, 0.15) is 0 Å². The summed E-state index contributed by atoms with van der Waals surface area (Å²) in [6.07, 6.45) is 2.15. The van der Waals surface area contributed by atoms with Gasteiger partial charge in [0, 0.05) is 36.6 Å². The molecule has 0 bridgehead atoms. The number of hydrogen-bond acceptors (Lipinski definition) is 5. The maximum atomic E-state index is 6.07. The molecule has 7 heteroatoms. The summed E-state index contributed by atoms with van der Waals surface area (Å²) in [4.78, 5) is 4.87. The van der Waals surface area contributed by atoms with Crippen molar-refractivity contribution < 1.29 is 9.47 Å². The van der Waals surface area contributed by atoms with Crippen LogP contribution in [-0.2, 0) is 0 Å². The molecule has 1 N–H and O–H groups in total. The number of aromatic amines is 1. The van der Waals surface area contributed by atoms with E-state index in [1.165, 1.54) is 0 Å². The summed E-state index contributed by atoms with van der Waals surface area (Å²) in [6, 6.07) is 13.7. The summed E-state index contributed by atoms with van der Waals surface area (Å²) in [6.45, 7) is 5.88. The maximum absolute atomic E-state index is 6.07. The van der Waals surface area contributed by atoms with E-state index in [1.807, 2.05) is 42.5 Å². The second-order valence-corrected chi connectivity index (χ2v) is 7.71. The van der Waals surface area contributed by atoms with Gasteiger partial charge in [-0.25, -0.2) is 0 Å². The van der Waals surface area contributed by atoms with Crippen molar-refractivity contribution in [3.8, 4) is 11.5 Å². The number of aromatic nitrogens is 2. The lowest BCUT2D eigenvalue weighted by Crippen LogP contribution is -2.46. The molecule has 1 saturated heterocycles. The molecule has 2 aromatic carbocycles. The average molecular weight is 415 g/mol. The number of benzene rings is 2. The quantitative estimate of drug-likeness (QED) is 0.559. The average Bonchev–Trinajstić information content (AvgIpc) is 3.17. The lowest BCUT2D eigenvalue weighted by atomic mass is 10.2. The van der Waals surface area contributed by atoms with Gasteiger partial charge < -0.3 is 14.4 Å². The topological polar surface area (TPSA) is 53.6 Å². The molecule has 1 aliphatic rings. The third-order valence-electron chi connectivity index (χ3n) is 5.37. The first-order valence-corrected chi connectivity index (χ1v) is 10.5. The molecule has 0 spiro atoms. The van der Waals surface area contributed by atoms with Crippen molar-refractivity contribution in [2.45, 2.75) is 12.8 Å². The number of methoxy groups -OCH3 is 1. The molecule has 1 aliphatic heterocycles. The number of piperazine rings is 1. The number of anilines is 1. The zero-order valence-corrected chi connectivity index (χ0v) is 17.5. The van der Waals surface area contributed by atoms with Crippen LogP contribution in [0.1, 0.15) is 12.8 Å². The molecule has 29 heavy (non-hydrogen) atoms. The highest BCUT2D eigenvalue weighted by molar-refractivity contribution is 6.31. The van der Waals surface area contributed by atoms with Crippen LogP contribution in [0.5, 0.6) is 11.5 Å². The first-order chi connectivity index (χ1) is 14.2. The lowest BCUT2D eigenvalue weighted by Gasteiger charge is -2.35. The van der Waals surface area contributed by atoms with Gasteiger partial charge in [0.25, 0.3) is 0 Å². The minimum absolute atomic E-state index is 0.710. The van der Waals surface area contributed by atoms with Crippen LogP contribution < -0.4 is 14.4 Å². The Labute approximate surface area is 176 Å². The van der Waals surface area contributed by atoms with Gasteiger partial charge in [-0.2, -0.15) is 5.10 Å². The number of unbranched alkanes of at least 4 members (excludes halogenated alkanes) is 1. The number of fused-ring (bicyclic) bond motifs is 1. The Balaban J connectivity index is 1.19. The Morgan fingerprint density at radius 1 is 1.03 bits per heavy atom. The third-order valence-corrected chi connectivity index (χ3v) is 5.61. The minimum Gasteiger partial charge on any atom is -0.493 e. The highest BCUT2D eigenvalue weighted by Gasteiger charge is 2.20. The van der Waals surface area contributed by atoms with E-state index in [4.69, 9.17) is 21.1 Å². The van der Waals surface area contributed by atoms with E-state index in [2.05, 4.69) is 20.0 Å². The maximum Gasteiger partial charge on any atom is 0.161 e. The molecule has 2 heterocycles. The van der Waals surface area contributed by atoms with Gasteiger partial charge in [-0.1, -0.05) is 23.7 Å². The molecule has 3 aromatic rings. The Morgan fingerprint density at radius 2 is 1.83 bits per heavy atom. The van der Waals surface area contributed by atoms with Crippen LogP contribution in [0.15, 0.2) is 42.5 Å². The summed E-state index contributed by atoms with van der Waals surface area (Å²) < 4.78 is 11.2. The zero-order chi connectivity index (χ0) is 20.1. The summed E-state index contributed by atoms with van der Waals surface area (Å²) in [5.74, 6) is 2.63. The van der Waals surface area contributed by atoms with Crippen LogP contribution >= 0.6 is 11.6 Å². The van der Waals surface area contributed by atoms with Crippen LogP contribution in [0.2, 0.25) is 5.02 Å². The van der Waals surface area contributed by atoms with Gasteiger partial charge >= 0.3 is 0 Å². The van der Waals surface area contributed by atoms with E-state index in [-0.39, 0.29) is 0 Å². The van der Waals surface area contributed by atoms with Crippen molar-refractivity contribution in [3.05, 3.63) is 47.5 Å². The highest BCUT2D eigenvalue weighted by Crippen LogP contribution is 2.27. The molecule has 1 fully saturated rings. The fraction of sp³-hybridized carbons (Fsp3) is 0.409. The van der Waals surface area contributed by atoms with Gasteiger partial charge in [-0.15, -0.1) is 0 Å². The van der Waals surface area contributed by atoms with Crippen LogP contribution in [0, 0.1) is 0 Å². The SMILES string of the molecule is COc1ccccc1OCCCCN1CCN(c2n[nH]c3cc(Cl)ccc23)CC1. The van der Waals surface area contributed by atoms with Crippen LogP contribution in [-0.4, -0.2) is 61.5 Å². The molecule has 0 unspecified atom stereocenters. The van der Waals surface area contributed by atoms with Crippen LogP contribution in [0.3, 0.4) is 0 Å². The first-order valence-electron chi connectivity index (χ1n) is 10.1. The Bertz CT molecular complexity index is 937. The summed E-state index contributed by atoms with van der Waals surface area (Å²) in [5, 5.41) is 9.47. The number of nitrogens with zero attached hydrogens (tertiary/aromatic N) is 3. The van der Waals surface area contributed by atoms with Crippen molar-refractivity contribution in [1.29, 1.82) is 0 Å². The van der Waals surface area contributed by atoms with Crippen molar-refractivity contribution in [3.63, 3.8) is 0 Å². The third kappa shape index (κ3) is 4.77. The van der Waals surface area contributed by atoms with Crippen LogP contribution in [0.4, 0.5) is 5.82 Å². The van der Waals surface area contributed by atoms with E-state index in [0.717, 1.165) is 78.8 Å². The first kappa shape index (κ1) is 19.9. The van der Waals surface area contributed by atoms with Crippen molar-refractivity contribution in [2.24, 2.45) is 0 Å². The molecule has 0 atom stereocenters. The second kappa shape index (κ2) is 9.37. The fourth-order valence-electron chi connectivity index (χ4n) is 3.76. The minimum atomic E-state index is 0.710. The lowest BCUT2D eigenvalue weighted by molar-refractivity contribution is 0.235. The molecule has 0 aliphatic carbocycles. The number of hydrogen-bond donors (Lipinski definition) is 1. The molecular formula is C22H27ClN4O2. The predicted molar refractivity (Wildman–Crippen MR) is 117 cm³/mol. The monoisotopic (exact) mass is 414 g/mol. The standard InChI is InChI=1S/C22H27ClN4O2/c1-28-20-6-2-3-7-21(20)29-15-5-4-10-26-11-13-27(14-12-26)22-18-9-8-17(23)16-19(18)24-25-22/h2-3,6-9,16H,4-5,10-15H2,1H3,(H,24,25). The van der Waals surface area contributed by atoms with Crippen molar-refractivity contribution in [1.82, 2.24) is 15.1 Å². The summed E-state index contributed by atoms with van der Waals surface area (Å²) in [7, 11) is 1.67. The summed E-state index contributed by atoms with van der Waals surface area (Å²) in [5.41, 5.74) is 0.991. The number of ether oxygens (including phenoxy) is 2. The molecule has 0 amide bonds. The number of nitrogens with one attached hydrogen (secondary N) is 1. The normalized spacial score (nSPS) is 15.0. The fourth-order valence-corrected chi connectivity index (χ4v) is 3.93. The van der Waals surface area contributed by atoms with E-state index in [9.17, 15) is 0 Å². The number of H-pyrrole nitrogens is 1. The number of para-hydroxylation sites is 2. The van der Waals surface area contributed by atoms with E-state index in [1.54, 1.807) is 7.11 Å². The second-order valence-electron chi connectivity index (χ2n) is 7.27. The molecule has 0 radical (unpaired) electrons. The van der Waals surface area contributed by atoms with Gasteiger partial charge in [0.2, 0.25) is 0 Å². The molecule has 154 valence electrons. The van der Waals surface area contributed by atoms with Gasteiger partial charge in [-0.3, -0.25) is 10.00 Å². The van der Waals surface area contributed by atoms with Gasteiger partial charge in [-0.05, 0) is 49.7 Å². The largest absolute Gasteiger partial charge is 0.493 e. The van der Waals surface area contributed by atoms with Crippen molar-refractivity contribution in [2.75, 3.05) is 51.3 Å². The molecule has 0 saturated carbocycles. The highest BCUT2D eigenvalue weighted by atomic mass is 35.5. The van der Waals surface area contributed by atoms with E-state index >= 15 is 0 Å². The molecule has 1 aromatic heterocycles. The van der Waals surface area contributed by atoms with Gasteiger partial charge in [0.05, 0.1) is 19.2 Å². The molecule has 6 nitrogen and oxygen atoms in total. The van der Waals surface area contributed by atoms with Gasteiger partial charge in [0.15, 0.2) is 17.3 Å². The van der Waals surface area contributed by atoms with E-state index in [0.29, 0.717) is 6.61 Å². The Morgan fingerprint density at radius 3 is 2.62 bits per heavy atom.